The van der Waals surface area contributed by atoms with Gasteiger partial charge in [-0.05, 0) is 35.6 Å². The largest absolute Gasteiger partial charge is 0.268 e. The minimum absolute atomic E-state index is 0.0490. The Bertz CT molecular complexity index is 813. The summed E-state index contributed by atoms with van der Waals surface area (Å²) in [4.78, 5) is 12.9. The number of rotatable bonds is 2. The number of fused-ring (bicyclic) bond motifs is 1. The van der Waals surface area contributed by atoms with Crippen molar-refractivity contribution in [1.82, 2.24) is 4.72 Å². The van der Waals surface area contributed by atoms with Gasteiger partial charge in [0.1, 0.15) is 4.90 Å². The lowest BCUT2D eigenvalue weighted by Crippen LogP contribution is -2.20. The molecule has 0 unspecified atom stereocenters. The third kappa shape index (κ3) is 2.01. The Labute approximate surface area is 121 Å². The van der Waals surface area contributed by atoms with E-state index >= 15 is 0 Å². The highest BCUT2D eigenvalue weighted by molar-refractivity contribution is 7.98. The lowest BCUT2D eigenvalue weighted by molar-refractivity contribution is 0.0985. The second kappa shape index (κ2) is 4.64. The molecule has 0 fully saturated rings. The first-order valence-corrected chi connectivity index (χ1v) is 8.58. The average molecular weight is 305 g/mol. The normalized spacial score (nSPS) is 15.8. The first-order valence-electron chi connectivity index (χ1n) is 5.87. The van der Waals surface area contributed by atoms with Crippen LogP contribution in [0.5, 0.6) is 0 Å². The summed E-state index contributed by atoms with van der Waals surface area (Å²) in [7, 11) is -3.67. The van der Waals surface area contributed by atoms with E-state index in [4.69, 9.17) is 0 Å². The van der Waals surface area contributed by atoms with Gasteiger partial charge in [-0.1, -0.05) is 24.3 Å². The molecular weight excluding hydrogens is 294 g/mol. The summed E-state index contributed by atoms with van der Waals surface area (Å²) < 4.78 is 25.4. The molecule has 0 aromatic heterocycles. The second-order valence-electron chi connectivity index (χ2n) is 4.35. The van der Waals surface area contributed by atoms with Crippen LogP contribution >= 0.6 is 11.8 Å². The van der Waals surface area contributed by atoms with Crippen LogP contribution in [0, 0.1) is 0 Å². The van der Waals surface area contributed by atoms with E-state index in [-0.39, 0.29) is 10.5 Å². The maximum atomic E-state index is 11.7. The number of carbonyl (C=O) groups is 1. The summed E-state index contributed by atoms with van der Waals surface area (Å²) in [6.45, 7) is 0. The molecule has 1 heterocycles. The summed E-state index contributed by atoms with van der Waals surface area (Å²) in [5.41, 5.74) is 2.03. The molecule has 0 spiro atoms. The van der Waals surface area contributed by atoms with E-state index < -0.39 is 15.9 Å². The van der Waals surface area contributed by atoms with E-state index in [1.807, 2.05) is 35.2 Å². The highest BCUT2D eigenvalue weighted by Crippen LogP contribution is 2.33. The van der Waals surface area contributed by atoms with Gasteiger partial charge in [0.2, 0.25) is 0 Å². The summed E-state index contributed by atoms with van der Waals surface area (Å²) >= 11 is 1.61. The van der Waals surface area contributed by atoms with Crippen molar-refractivity contribution < 1.29 is 13.2 Å². The Morgan fingerprint density at radius 1 is 1.05 bits per heavy atom. The van der Waals surface area contributed by atoms with Crippen LogP contribution in [-0.4, -0.2) is 20.6 Å². The van der Waals surface area contributed by atoms with E-state index in [0.717, 1.165) is 16.0 Å². The number of thioether (sulfide) groups is 1. The minimum Gasteiger partial charge on any atom is -0.268 e. The fourth-order valence-electron chi connectivity index (χ4n) is 2.22. The molecule has 0 saturated heterocycles. The molecule has 1 aliphatic heterocycles. The zero-order chi connectivity index (χ0) is 14.3. The molecular formula is C14H11NO3S2. The Morgan fingerprint density at radius 2 is 1.80 bits per heavy atom. The fourth-order valence-corrected chi connectivity index (χ4v) is 4.00. The Balaban J connectivity index is 2.20. The van der Waals surface area contributed by atoms with Gasteiger partial charge < -0.3 is 0 Å². The molecule has 0 radical (unpaired) electrons. The van der Waals surface area contributed by atoms with Gasteiger partial charge in [-0.3, -0.25) is 4.79 Å². The average Bonchev–Trinajstić information content (AvgIpc) is 2.68. The van der Waals surface area contributed by atoms with E-state index in [1.54, 1.807) is 23.9 Å². The number of hydrogen-bond acceptors (Lipinski definition) is 4. The van der Waals surface area contributed by atoms with Gasteiger partial charge in [-0.15, -0.1) is 11.8 Å². The second-order valence-corrected chi connectivity index (χ2v) is 6.84. The van der Waals surface area contributed by atoms with Crippen LogP contribution in [0.25, 0.3) is 11.1 Å². The SMILES string of the molecule is CSc1ccccc1-c1ccc2c(c1)C(=O)NS2(=O)=O. The van der Waals surface area contributed by atoms with Gasteiger partial charge in [0.05, 0.1) is 5.56 Å². The van der Waals surface area contributed by atoms with Gasteiger partial charge in [0.25, 0.3) is 15.9 Å². The zero-order valence-corrected chi connectivity index (χ0v) is 12.2. The highest BCUT2D eigenvalue weighted by atomic mass is 32.2. The molecule has 1 aliphatic rings. The number of nitrogens with one attached hydrogen (secondary N) is 1. The summed E-state index contributed by atoms with van der Waals surface area (Å²) in [5, 5.41) is 0. The van der Waals surface area contributed by atoms with Crippen molar-refractivity contribution in [2.45, 2.75) is 9.79 Å². The first-order chi connectivity index (χ1) is 9.53. The number of carbonyl (C=O) groups excluding carboxylic acids is 1. The molecule has 6 heteroatoms. The third-order valence-corrected chi connectivity index (χ3v) is 5.34. The maximum absolute atomic E-state index is 11.7. The van der Waals surface area contributed by atoms with Crippen LogP contribution in [0.2, 0.25) is 0 Å². The van der Waals surface area contributed by atoms with Crippen molar-refractivity contribution in [3.05, 3.63) is 48.0 Å². The molecule has 20 heavy (non-hydrogen) atoms. The highest BCUT2D eigenvalue weighted by Gasteiger charge is 2.32. The molecule has 4 nitrogen and oxygen atoms in total. The van der Waals surface area contributed by atoms with Crippen LogP contribution in [-0.2, 0) is 10.0 Å². The van der Waals surface area contributed by atoms with Gasteiger partial charge in [-0.2, -0.15) is 0 Å². The maximum Gasteiger partial charge on any atom is 0.266 e. The quantitative estimate of drug-likeness (QED) is 0.866. The van der Waals surface area contributed by atoms with Crippen molar-refractivity contribution in [2.24, 2.45) is 0 Å². The van der Waals surface area contributed by atoms with Gasteiger partial charge >= 0.3 is 0 Å². The van der Waals surface area contributed by atoms with Crippen LogP contribution in [0.4, 0.5) is 0 Å². The van der Waals surface area contributed by atoms with E-state index in [2.05, 4.69) is 0 Å². The minimum atomic E-state index is -3.67. The lowest BCUT2D eigenvalue weighted by Gasteiger charge is -2.08. The van der Waals surface area contributed by atoms with Crippen molar-refractivity contribution in [1.29, 1.82) is 0 Å². The molecule has 1 N–H and O–H groups in total. The number of benzene rings is 2. The van der Waals surface area contributed by atoms with E-state index in [1.165, 1.54) is 6.07 Å². The Kier molecular flexibility index (Phi) is 3.07. The van der Waals surface area contributed by atoms with Crippen molar-refractivity contribution in [3.8, 4) is 11.1 Å². The molecule has 1 amide bonds. The first kappa shape index (κ1) is 13.2. The molecule has 0 atom stereocenters. The Morgan fingerprint density at radius 3 is 2.55 bits per heavy atom. The van der Waals surface area contributed by atoms with Gasteiger partial charge in [0, 0.05) is 4.90 Å². The van der Waals surface area contributed by atoms with E-state index in [9.17, 15) is 13.2 Å². The van der Waals surface area contributed by atoms with Crippen molar-refractivity contribution >= 4 is 27.7 Å². The topological polar surface area (TPSA) is 63.2 Å². The standard InChI is InChI=1S/C14H11NO3S2/c1-19-12-5-3-2-4-10(12)9-6-7-13-11(8-9)14(16)15-20(13,17)18/h2-8H,1H3,(H,15,16). The van der Waals surface area contributed by atoms with Gasteiger partial charge in [0.15, 0.2) is 0 Å². The summed E-state index contributed by atoms with van der Waals surface area (Å²) in [5.74, 6) is -0.566. The van der Waals surface area contributed by atoms with Crippen molar-refractivity contribution in [2.75, 3.05) is 6.26 Å². The van der Waals surface area contributed by atoms with Crippen LogP contribution < -0.4 is 4.72 Å². The van der Waals surface area contributed by atoms with Crippen LogP contribution in [0.3, 0.4) is 0 Å². The fraction of sp³-hybridized carbons (Fsp3) is 0.0714. The number of hydrogen-bond donors (Lipinski definition) is 1. The predicted octanol–water partition coefficient (Wildman–Crippen LogP) is 2.51. The zero-order valence-electron chi connectivity index (χ0n) is 10.6. The Hall–Kier alpha value is -1.79. The summed E-state index contributed by atoms with van der Waals surface area (Å²) in [6, 6.07) is 12.6. The molecule has 0 aliphatic carbocycles. The number of amides is 1. The number of sulfonamides is 1. The lowest BCUT2D eigenvalue weighted by atomic mass is 10.0. The summed E-state index contributed by atoms with van der Waals surface area (Å²) in [6.07, 6.45) is 1.98. The molecule has 102 valence electrons. The van der Waals surface area contributed by atoms with Crippen LogP contribution in [0.15, 0.2) is 52.3 Å². The predicted molar refractivity (Wildman–Crippen MR) is 78.3 cm³/mol. The smallest absolute Gasteiger partial charge is 0.266 e. The van der Waals surface area contributed by atoms with Crippen molar-refractivity contribution in [3.63, 3.8) is 0 Å². The molecule has 3 rings (SSSR count). The third-order valence-electron chi connectivity index (χ3n) is 3.16. The van der Waals surface area contributed by atoms with Gasteiger partial charge in [-0.25, -0.2) is 13.1 Å². The molecule has 2 aromatic rings. The molecule has 2 aromatic carbocycles. The van der Waals surface area contributed by atoms with E-state index in [0.29, 0.717) is 0 Å². The monoisotopic (exact) mass is 305 g/mol. The van der Waals surface area contributed by atoms with Crippen LogP contribution in [0.1, 0.15) is 10.4 Å². The molecule has 0 saturated carbocycles. The molecule has 0 bridgehead atoms.